The number of halogens is 3. The van der Waals surface area contributed by atoms with E-state index < -0.39 is 11.7 Å². The number of allylic oxidation sites excluding steroid dienone is 2. The van der Waals surface area contributed by atoms with Crippen LogP contribution in [0, 0.1) is 5.92 Å². The van der Waals surface area contributed by atoms with Crippen molar-refractivity contribution in [3.8, 4) is 0 Å². The first kappa shape index (κ1) is 13.6. The summed E-state index contributed by atoms with van der Waals surface area (Å²) in [4.78, 5) is 11.7. The summed E-state index contributed by atoms with van der Waals surface area (Å²) in [5, 5.41) is 2.61. The number of nitrogens with one attached hydrogen (secondary N) is 1. The van der Waals surface area contributed by atoms with E-state index in [9.17, 15) is 18.0 Å². The van der Waals surface area contributed by atoms with Gasteiger partial charge in [-0.1, -0.05) is 12.2 Å². The van der Waals surface area contributed by atoms with Crippen LogP contribution in [0.2, 0.25) is 0 Å². The number of carbonyl (C=O) groups is 1. The maximum atomic E-state index is 12.4. The molecule has 0 fully saturated rings. The second-order valence-electron chi connectivity index (χ2n) is 4.59. The molecule has 0 radical (unpaired) electrons. The van der Waals surface area contributed by atoms with E-state index in [1.165, 1.54) is 12.1 Å². The summed E-state index contributed by atoms with van der Waals surface area (Å²) in [6.07, 6.45) is 2.01. The molecule has 0 saturated heterocycles. The van der Waals surface area contributed by atoms with Gasteiger partial charge in [0.2, 0.25) is 5.91 Å². The minimum absolute atomic E-state index is 0.170. The number of carbonyl (C=O) groups excluding carboxylic acids is 1. The van der Waals surface area contributed by atoms with Gasteiger partial charge in [0.15, 0.2) is 0 Å². The van der Waals surface area contributed by atoms with Gasteiger partial charge < -0.3 is 5.32 Å². The van der Waals surface area contributed by atoms with Crippen molar-refractivity contribution in [2.75, 3.05) is 5.32 Å². The van der Waals surface area contributed by atoms with Crippen LogP contribution in [0.1, 0.15) is 24.8 Å². The molecule has 0 saturated carbocycles. The van der Waals surface area contributed by atoms with Gasteiger partial charge in [0.05, 0.1) is 5.56 Å². The molecular weight excluding hydrogens is 255 g/mol. The van der Waals surface area contributed by atoms with Crippen molar-refractivity contribution in [1.82, 2.24) is 0 Å². The van der Waals surface area contributed by atoms with Gasteiger partial charge in [-0.3, -0.25) is 4.79 Å². The van der Waals surface area contributed by atoms with Crippen molar-refractivity contribution in [3.05, 3.63) is 42.0 Å². The predicted octanol–water partition coefficient (Wildman–Crippen LogP) is 4.00. The summed E-state index contributed by atoms with van der Waals surface area (Å²) in [5.41, 5.74) is -0.329. The van der Waals surface area contributed by atoms with Crippen molar-refractivity contribution < 1.29 is 18.0 Å². The van der Waals surface area contributed by atoms with Crippen molar-refractivity contribution in [2.45, 2.75) is 25.4 Å². The van der Waals surface area contributed by atoms with Gasteiger partial charge in [0.25, 0.3) is 0 Å². The minimum atomic E-state index is -4.35. The fourth-order valence-corrected chi connectivity index (χ4v) is 2.06. The molecule has 0 aromatic heterocycles. The Balaban J connectivity index is 1.92. The van der Waals surface area contributed by atoms with Gasteiger partial charge in [0, 0.05) is 12.1 Å². The SMILES string of the molecule is O=C(C[C@@H]1C=CCC1)Nc1ccc(C(F)(F)F)cc1. The lowest BCUT2D eigenvalue weighted by Crippen LogP contribution is -2.15. The molecule has 1 amide bonds. The van der Waals surface area contributed by atoms with Gasteiger partial charge >= 0.3 is 6.18 Å². The Hall–Kier alpha value is -1.78. The molecule has 1 aliphatic rings. The minimum Gasteiger partial charge on any atom is -0.326 e. The molecule has 19 heavy (non-hydrogen) atoms. The van der Waals surface area contributed by atoms with Crippen molar-refractivity contribution >= 4 is 11.6 Å². The molecule has 1 N–H and O–H groups in total. The smallest absolute Gasteiger partial charge is 0.326 e. The quantitative estimate of drug-likeness (QED) is 0.826. The molecule has 0 spiro atoms. The van der Waals surface area contributed by atoms with Gasteiger partial charge in [0.1, 0.15) is 0 Å². The molecule has 0 unspecified atom stereocenters. The number of hydrogen-bond donors (Lipinski definition) is 1. The Morgan fingerprint density at radius 2 is 1.95 bits per heavy atom. The van der Waals surface area contributed by atoms with Crippen molar-refractivity contribution in [2.24, 2.45) is 5.92 Å². The third kappa shape index (κ3) is 3.84. The number of hydrogen-bond acceptors (Lipinski definition) is 1. The summed E-state index contributed by atoms with van der Waals surface area (Å²) in [6, 6.07) is 4.46. The van der Waals surface area contributed by atoms with Crippen LogP contribution in [0.15, 0.2) is 36.4 Å². The monoisotopic (exact) mass is 269 g/mol. The first-order valence-corrected chi connectivity index (χ1v) is 6.09. The Kier molecular flexibility index (Phi) is 3.93. The molecule has 102 valence electrons. The van der Waals surface area contributed by atoms with E-state index >= 15 is 0 Å². The highest BCUT2D eigenvalue weighted by Gasteiger charge is 2.30. The Morgan fingerprint density at radius 1 is 1.26 bits per heavy atom. The highest BCUT2D eigenvalue weighted by Crippen LogP contribution is 2.30. The zero-order valence-corrected chi connectivity index (χ0v) is 10.2. The van der Waals surface area contributed by atoms with E-state index in [1.54, 1.807) is 0 Å². The van der Waals surface area contributed by atoms with Crippen LogP contribution in [0.25, 0.3) is 0 Å². The lowest BCUT2D eigenvalue weighted by Gasteiger charge is -2.10. The fourth-order valence-electron chi connectivity index (χ4n) is 2.06. The number of rotatable bonds is 3. The lowest BCUT2D eigenvalue weighted by molar-refractivity contribution is -0.137. The van der Waals surface area contributed by atoms with Crippen LogP contribution >= 0.6 is 0 Å². The van der Waals surface area contributed by atoms with Gasteiger partial charge in [-0.2, -0.15) is 13.2 Å². The Bertz CT molecular complexity index is 476. The zero-order chi connectivity index (χ0) is 13.9. The first-order valence-electron chi connectivity index (χ1n) is 6.09. The Labute approximate surface area is 109 Å². The normalized spacial score (nSPS) is 18.6. The lowest BCUT2D eigenvalue weighted by atomic mass is 10.0. The molecular formula is C14H14F3NO. The highest BCUT2D eigenvalue weighted by atomic mass is 19.4. The molecule has 1 atom stereocenters. The molecule has 2 nitrogen and oxygen atoms in total. The second kappa shape index (κ2) is 5.47. The van der Waals surface area contributed by atoms with E-state index in [0.29, 0.717) is 12.1 Å². The van der Waals surface area contributed by atoms with Crippen LogP contribution in [0.4, 0.5) is 18.9 Å². The molecule has 2 rings (SSSR count). The van der Waals surface area contributed by atoms with Crippen molar-refractivity contribution in [3.63, 3.8) is 0 Å². The van der Waals surface area contributed by atoms with Crippen LogP contribution in [0.3, 0.4) is 0 Å². The van der Waals surface area contributed by atoms with E-state index in [0.717, 1.165) is 25.0 Å². The summed E-state index contributed by atoms with van der Waals surface area (Å²) < 4.78 is 37.1. The van der Waals surface area contributed by atoms with Crippen LogP contribution in [-0.4, -0.2) is 5.91 Å². The summed E-state index contributed by atoms with van der Waals surface area (Å²) in [5.74, 6) is 0.0748. The number of benzene rings is 1. The molecule has 1 aliphatic carbocycles. The highest BCUT2D eigenvalue weighted by molar-refractivity contribution is 5.91. The van der Waals surface area contributed by atoms with Crippen molar-refractivity contribution in [1.29, 1.82) is 0 Å². The molecule has 0 bridgehead atoms. The third-order valence-corrected chi connectivity index (χ3v) is 3.06. The fraction of sp³-hybridized carbons (Fsp3) is 0.357. The number of anilines is 1. The van der Waals surface area contributed by atoms with Crippen LogP contribution < -0.4 is 5.32 Å². The maximum absolute atomic E-state index is 12.4. The van der Waals surface area contributed by atoms with E-state index in [1.807, 2.05) is 12.2 Å². The number of amides is 1. The third-order valence-electron chi connectivity index (χ3n) is 3.06. The first-order chi connectivity index (χ1) is 8.95. The number of alkyl halides is 3. The van der Waals surface area contributed by atoms with E-state index in [-0.39, 0.29) is 11.8 Å². The predicted molar refractivity (Wildman–Crippen MR) is 66.6 cm³/mol. The topological polar surface area (TPSA) is 29.1 Å². The summed E-state index contributed by atoms with van der Waals surface area (Å²) >= 11 is 0. The second-order valence-corrected chi connectivity index (χ2v) is 4.59. The zero-order valence-electron chi connectivity index (χ0n) is 10.2. The van der Waals surface area contributed by atoms with Crippen LogP contribution in [-0.2, 0) is 11.0 Å². The molecule has 0 aliphatic heterocycles. The summed E-state index contributed by atoms with van der Waals surface area (Å²) in [6.45, 7) is 0. The van der Waals surface area contributed by atoms with Crippen LogP contribution in [0.5, 0.6) is 0 Å². The molecule has 5 heteroatoms. The summed E-state index contributed by atoms with van der Waals surface area (Å²) in [7, 11) is 0. The molecule has 1 aromatic rings. The maximum Gasteiger partial charge on any atom is 0.416 e. The largest absolute Gasteiger partial charge is 0.416 e. The molecule has 1 aromatic carbocycles. The average Bonchev–Trinajstić information content (AvgIpc) is 2.81. The van der Waals surface area contributed by atoms with Gasteiger partial charge in [-0.15, -0.1) is 0 Å². The average molecular weight is 269 g/mol. The van der Waals surface area contributed by atoms with Gasteiger partial charge in [-0.25, -0.2) is 0 Å². The van der Waals surface area contributed by atoms with E-state index in [2.05, 4.69) is 5.32 Å². The molecule has 0 heterocycles. The Morgan fingerprint density at radius 3 is 2.47 bits per heavy atom. The van der Waals surface area contributed by atoms with Gasteiger partial charge in [-0.05, 0) is 43.0 Å². The van der Waals surface area contributed by atoms with E-state index in [4.69, 9.17) is 0 Å². The standard InChI is InChI=1S/C14H14F3NO/c15-14(16,17)11-5-7-12(8-6-11)18-13(19)9-10-3-1-2-4-10/h1,3,5-8,10H,2,4,9H2,(H,18,19)/t10-/m1/s1.